The molecular weight excluding hydrogens is 364 g/mol. The van der Waals surface area contributed by atoms with Crippen molar-refractivity contribution in [2.24, 2.45) is 5.92 Å². The molecule has 1 saturated carbocycles. The summed E-state index contributed by atoms with van der Waals surface area (Å²) in [7, 11) is 0. The number of nitrogens with one attached hydrogen (secondary N) is 2. The zero-order valence-electron chi connectivity index (χ0n) is 15.9. The van der Waals surface area contributed by atoms with Crippen molar-refractivity contribution in [3.8, 4) is 5.75 Å². The SMILES string of the molecule is O=C(Nc1ccc(NC(=O)C2CC2)cc1)c1cccc(OCc2ccccc2)c1. The molecule has 0 heterocycles. The molecule has 0 atom stereocenters. The molecule has 1 aliphatic carbocycles. The Morgan fingerprint density at radius 2 is 1.52 bits per heavy atom. The topological polar surface area (TPSA) is 67.4 Å². The lowest BCUT2D eigenvalue weighted by atomic mass is 10.2. The Labute approximate surface area is 169 Å². The first-order valence-electron chi connectivity index (χ1n) is 9.66. The normalized spacial score (nSPS) is 12.8. The largest absolute Gasteiger partial charge is 0.489 e. The van der Waals surface area contributed by atoms with Gasteiger partial charge in [-0.05, 0) is 60.9 Å². The van der Waals surface area contributed by atoms with Crippen molar-refractivity contribution in [2.45, 2.75) is 19.4 Å². The van der Waals surface area contributed by atoms with E-state index in [1.807, 2.05) is 36.4 Å². The van der Waals surface area contributed by atoms with Crippen molar-refractivity contribution in [1.82, 2.24) is 0 Å². The van der Waals surface area contributed by atoms with E-state index in [2.05, 4.69) is 10.6 Å². The summed E-state index contributed by atoms with van der Waals surface area (Å²) < 4.78 is 5.79. The van der Waals surface area contributed by atoms with E-state index >= 15 is 0 Å². The van der Waals surface area contributed by atoms with Crippen LogP contribution in [-0.4, -0.2) is 11.8 Å². The molecule has 5 nitrogen and oxygen atoms in total. The van der Waals surface area contributed by atoms with Gasteiger partial charge in [-0.15, -0.1) is 0 Å². The molecule has 3 aromatic carbocycles. The molecule has 3 aromatic rings. The Bertz CT molecular complexity index is 996. The fourth-order valence-corrected chi connectivity index (χ4v) is 2.90. The predicted octanol–water partition coefficient (Wildman–Crippen LogP) is 4.87. The van der Waals surface area contributed by atoms with Gasteiger partial charge in [0.15, 0.2) is 0 Å². The average molecular weight is 386 g/mol. The summed E-state index contributed by atoms with van der Waals surface area (Å²) in [5, 5.41) is 5.75. The van der Waals surface area contributed by atoms with E-state index in [-0.39, 0.29) is 17.7 Å². The highest BCUT2D eigenvalue weighted by molar-refractivity contribution is 6.04. The summed E-state index contributed by atoms with van der Waals surface area (Å²) in [6.07, 6.45) is 1.93. The van der Waals surface area contributed by atoms with Crippen molar-refractivity contribution in [2.75, 3.05) is 10.6 Å². The molecule has 2 amide bonds. The van der Waals surface area contributed by atoms with Crippen LogP contribution in [0.1, 0.15) is 28.8 Å². The molecule has 2 N–H and O–H groups in total. The summed E-state index contributed by atoms with van der Waals surface area (Å²) in [5.41, 5.74) is 2.98. The average Bonchev–Trinajstić information content (AvgIpc) is 3.60. The predicted molar refractivity (Wildman–Crippen MR) is 113 cm³/mol. The summed E-state index contributed by atoms with van der Waals surface area (Å²) >= 11 is 0. The van der Waals surface area contributed by atoms with E-state index in [4.69, 9.17) is 4.74 Å². The zero-order valence-corrected chi connectivity index (χ0v) is 15.9. The van der Waals surface area contributed by atoms with Crippen molar-refractivity contribution in [3.63, 3.8) is 0 Å². The fraction of sp³-hybridized carbons (Fsp3) is 0.167. The van der Waals surface area contributed by atoms with Crippen molar-refractivity contribution in [3.05, 3.63) is 90.0 Å². The molecule has 0 unspecified atom stereocenters. The molecule has 0 aromatic heterocycles. The highest BCUT2D eigenvalue weighted by atomic mass is 16.5. The Morgan fingerprint density at radius 1 is 0.828 bits per heavy atom. The number of anilines is 2. The van der Waals surface area contributed by atoms with Crippen LogP contribution in [0.3, 0.4) is 0 Å². The van der Waals surface area contributed by atoms with E-state index in [9.17, 15) is 9.59 Å². The number of rotatable bonds is 7. The van der Waals surface area contributed by atoms with Crippen LogP contribution in [-0.2, 0) is 11.4 Å². The minimum absolute atomic E-state index is 0.0640. The molecular formula is C24H22N2O3. The highest BCUT2D eigenvalue weighted by Gasteiger charge is 2.29. The fourth-order valence-electron chi connectivity index (χ4n) is 2.90. The van der Waals surface area contributed by atoms with Crippen LogP contribution in [0.5, 0.6) is 5.75 Å². The molecule has 0 saturated heterocycles. The molecule has 146 valence electrons. The molecule has 29 heavy (non-hydrogen) atoms. The lowest BCUT2D eigenvalue weighted by molar-refractivity contribution is -0.117. The smallest absolute Gasteiger partial charge is 0.255 e. The van der Waals surface area contributed by atoms with Gasteiger partial charge in [0.25, 0.3) is 5.91 Å². The van der Waals surface area contributed by atoms with Gasteiger partial charge in [0.05, 0.1) is 0 Å². The maximum atomic E-state index is 12.6. The maximum absolute atomic E-state index is 12.6. The molecule has 4 rings (SSSR count). The van der Waals surface area contributed by atoms with Crippen molar-refractivity contribution in [1.29, 1.82) is 0 Å². The van der Waals surface area contributed by atoms with Gasteiger partial charge in [-0.2, -0.15) is 0 Å². The van der Waals surface area contributed by atoms with Gasteiger partial charge in [0.2, 0.25) is 5.91 Å². The van der Waals surface area contributed by atoms with Gasteiger partial charge >= 0.3 is 0 Å². The van der Waals surface area contributed by atoms with Crippen LogP contribution < -0.4 is 15.4 Å². The second kappa shape index (κ2) is 8.61. The Hall–Kier alpha value is -3.60. The van der Waals surface area contributed by atoms with Crippen LogP contribution in [0.2, 0.25) is 0 Å². The van der Waals surface area contributed by atoms with Gasteiger partial charge in [-0.1, -0.05) is 36.4 Å². The van der Waals surface area contributed by atoms with Gasteiger partial charge in [-0.3, -0.25) is 9.59 Å². The van der Waals surface area contributed by atoms with Gasteiger partial charge in [0.1, 0.15) is 12.4 Å². The second-order valence-electron chi connectivity index (χ2n) is 7.10. The summed E-state index contributed by atoms with van der Waals surface area (Å²) in [5.74, 6) is 0.643. The number of amides is 2. The first-order valence-corrected chi connectivity index (χ1v) is 9.66. The first kappa shape index (κ1) is 18.7. The monoisotopic (exact) mass is 386 g/mol. The van der Waals surface area contributed by atoms with Crippen LogP contribution in [0, 0.1) is 5.92 Å². The van der Waals surface area contributed by atoms with Gasteiger partial charge in [0, 0.05) is 22.9 Å². The van der Waals surface area contributed by atoms with E-state index in [1.54, 1.807) is 42.5 Å². The Morgan fingerprint density at radius 3 is 2.21 bits per heavy atom. The van der Waals surface area contributed by atoms with E-state index in [1.165, 1.54) is 0 Å². The molecule has 0 radical (unpaired) electrons. The Balaban J connectivity index is 1.34. The maximum Gasteiger partial charge on any atom is 0.255 e. The minimum Gasteiger partial charge on any atom is -0.489 e. The number of ether oxygens (including phenoxy) is 1. The van der Waals surface area contributed by atoms with Gasteiger partial charge < -0.3 is 15.4 Å². The molecule has 1 aliphatic rings. The lowest BCUT2D eigenvalue weighted by Crippen LogP contribution is -2.14. The third kappa shape index (κ3) is 5.23. The van der Waals surface area contributed by atoms with Crippen LogP contribution in [0.15, 0.2) is 78.9 Å². The molecule has 0 bridgehead atoms. The minimum atomic E-state index is -0.218. The van der Waals surface area contributed by atoms with E-state index < -0.39 is 0 Å². The number of carbonyl (C=O) groups excluding carboxylic acids is 2. The first-order chi connectivity index (χ1) is 14.2. The molecule has 0 aliphatic heterocycles. The highest BCUT2D eigenvalue weighted by Crippen LogP contribution is 2.30. The zero-order chi connectivity index (χ0) is 20.1. The summed E-state index contributed by atoms with van der Waals surface area (Å²) in [4.78, 5) is 24.4. The molecule has 1 fully saturated rings. The molecule has 5 heteroatoms. The van der Waals surface area contributed by atoms with Crippen molar-refractivity contribution >= 4 is 23.2 Å². The summed E-state index contributed by atoms with van der Waals surface area (Å²) in [6, 6.07) is 24.1. The second-order valence-corrected chi connectivity index (χ2v) is 7.10. The van der Waals surface area contributed by atoms with E-state index in [0.717, 1.165) is 24.1 Å². The Kier molecular flexibility index (Phi) is 5.56. The van der Waals surface area contributed by atoms with Crippen LogP contribution >= 0.6 is 0 Å². The number of hydrogen-bond donors (Lipinski definition) is 2. The van der Waals surface area contributed by atoms with E-state index in [0.29, 0.717) is 23.6 Å². The van der Waals surface area contributed by atoms with Crippen molar-refractivity contribution < 1.29 is 14.3 Å². The number of hydrogen-bond acceptors (Lipinski definition) is 3. The van der Waals surface area contributed by atoms with Gasteiger partial charge in [-0.25, -0.2) is 0 Å². The standard InChI is InChI=1S/C24H22N2O3/c27-23(18-9-10-18)25-20-11-13-21(14-12-20)26-24(28)19-7-4-8-22(15-19)29-16-17-5-2-1-3-6-17/h1-8,11-15,18H,9-10,16H2,(H,25,27)(H,26,28). The van der Waals surface area contributed by atoms with Crippen LogP contribution in [0.25, 0.3) is 0 Å². The lowest BCUT2D eigenvalue weighted by Gasteiger charge is -2.10. The quantitative estimate of drug-likeness (QED) is 0.609. The van der Waals surface area contributed by atoms with Crippen LogP contribution in [0.4, 0.5) is 11.4 Å². The summed E-state index contributed by atoms with van der Waals surface area (Å²) in [6.45, 7) is 0.444. The molecule has 0 spiro atoms. The number of carbonyl (C=O) groups is 2. The third-order valence-corrected chi connectivity index (χ3v) is 4.70. The number of benzene rings is 3. The third-order valence-electron chi connectivity index (χ3n) is 4.70.